The number of rotatable bonds is 5. The minimum absolute atomic E-state index is 0.186. The quantitative estimate of drug-likeness (QED) is 0.829. The van der Waals surface area contributed by atoms with Gasteiger partial charge in [-0.2, -0.15) is 0 Å². The number of aliphatic hydroxyl groups excluding tert-OH is 1. The Hall–Kier alpha value is -1.70. The van der Waals surface area contributed by atoms with E-state index in [4.69, 9.17) is 4.74 Å². The molecule has 6 nitrogen and oxygen atoms in total. The summed E-state index contributed by atoms with van der Waals surface area (Å²) in [6.07, 6.45) is 3.22. The van der Waals surface area contributed by atoms with Crippen LogP contribution in [0.3, 0.4) is 0 Å². The van der Waals surface area contributed by atoms with Gasteiger partial charge in [0.15, 0.2) is 0 Å². The van der Waals surface area contributed by atoms with Crippen LogP contribution >= 0.6 is 0 Å². The highest BCUT2D eigenvalue weighted by molar-refractivity contribution is 5.76. The Labute approximate surface area is 153 Å². The molecule has 0 saturated carbocycles. The summed E-state index contributed by atoms with van der Waals surface area (Å²) < 4.78 is 18.7. The van der Waals surface area contributed by atoms with E-state index in [2.05, 4.69) is 4.90 Å². The summed E-state index contributed by atoms with van der Waals surface area (Å²) in [5, 5.41) is 19.4. The van der Waals surface area contributed by atoms with Crippen LogP contribution in [0, 0.1) is 5.82 Å². The number of ether oxygens (including phenoxy) is 1. The monoisotopic (exact) mass is 366 g/mol. The van der Waals surface area contributed by atoms with E-state index in [1.54, 1.807) is 0 Å². The molecule has 26 heavy (non-hydrogen) atoms. The highest BCUT2D eigenvalue weighted by Crippen LogP contribution is 2.33. The standard InChI is InChI=1S/C19H27FN2O4/c1-26-17-12-13(20)2-3-16(17)18(19(24)25)22-8-4-14(5-9-22)21-10-6-15(23)7-11-21/h2-3,12,14-15,18,23H,4-11H2,1H3,(H,24,25)/t18-/m0/s1. The first kappa shape index (κ1) is 19.1. The van der Waals surface area contributed by atoms with Gasteiger partial charge < -0.3 is 19.8 Å². The summed E-state index contributed by atoms with van der Waals surface area (Å²) in [4.78, 5) is 16.3. The number of hydrogen-bond acceptors (Lipinski definition) is 5. The summed E-state index contributed by atoms with van der Waals surface area (Å²) in [6.45, 7) is 3.14. The van der Waals surface area contributed by atoms with Gasteiger partial charge in [-0.15, -0.1) is 0 Å². The molecule has 0 amide bonds. The van der Waals surface area contributed by atoms with Crippen LogP contribution in [0.1, 0.15) is 37.3 Å². The average molecular weight is 366 g/mol. The Morgan fingerprint density at radius 3 is 2.42 bits per heavy atom. The Morgan fingerprint density at radius 1 is 1.19 bits per heavy atom. The molecule has 0 radical (unpaired) electrons. The third-order valence-corrected chi connectivity index (χ3v) is 5.60. The van der Waals surface area contributed by atoms with Gasteiger partial charge in [0.05, 0.1) is 13.2 Å². The lowest BCUT2D eigenvalue weighted by molar-refractivity contribution is -0.144. The molecule has 1 aromatic carbocycles. The first-order chi connectivity index (χ1) is 12.5. The normalized spacial score (nSPS) is 22.3. The van der Waals surface area contributed by atoms with Gasteiger partial charge in [0.1, 0.15) is 17.6 Å². The minimum atomic E-state index is -0.950. The van der Waals surface area contributed by atoms with Crippen LogP contribution in [-0.4, -0.2) is 71.4 Å². The van der Waals surface area contributed by atoms with Crippen molar-refractivity contribution in [2.75, 3.05) is 33.3 Å². The van der Waals surface area contributed by atoms with Crippen molar-refractivity contribution in [3.63, 3.8) is 0 Å². The van der Waals surface area contributed by atoms with Gasteiger partial charge in [-0.3, -0.25) is 9.69 Å². The third-order valence-electron chi connectivity index (χ3n) is 5.60. The van der Waals surface area contributed by atoms with E-state index in [9.17, 15) is 19.4 Å². The lowest BCUT2D eigenvalue weighted by Gasteiger charge is -2.42. The Balaban J connectivity index is 1.68. The number of aliphatic hydroxyl groups is 1. The average Bonchev–Trinajstić information content (AvgIpc) is 2.64. The van der Waals surface area contributed by atoms with Gasteiger partial charge in [-0.1, -0.05) is 6.07 Å². The largest absolute Gasteiger partial charge is 0.496 e. The summed E-state index contributed by atoms with van der Waals surface area (Å²) in [6, 6.07) is 3.61. The van der Waals surface area contributed by atoms with E-state index >= 15 is 0 Å². The van der Waals surface area contributed by atoms with Crippen LogP contribution in [0.25, 0.3) is 0 Å². The first-order valence-corrected chi connectivity index (χ1v) is 9.22. The van der Waals surface area contributed by atoms with E-state index in [1.165, 1.54) is 25.3 Å². The fraction of sp³-hybridized carbons (Fsp3) is 0.632. The number of halogens is 1. The van der Waals surface area contributed by atoms with Crippen molar-refractivity contribution in [2.45, 2.75) is 43.9 Å². The Bertz CT molecular complexity index is 626. The molecule has 7 heteroatoms. The highest BCUT2D eigenvalue weighted by Gasteiger charge is 2.35. The van der Waals surface area contributed by atoms with E-state index in [0.717, 1.165) is 38.8 Å². The number of likely N-dealkylation sites (tertiary alicyclic amines) is 2. The number of hydrogen-bond donors (Lipinski definition) is 2. The minimum Gasteiger partial charge on any atom is -0.496 e. The molecule has 144 valence electrons. The number of aliphatic carboxylic acids is 1. The molecular weight excluding hydrogens is 339 g/mol. The molecule has 2 aliphatic heterocycles. The summed E-state index contributed by atoms with van der Waals surface area (Å²) >= 11 is 0. The van der Waals surface area contributed by atoms with Crippen molar-refractivity contribution in [1.29, 1.82) is 0 Å². The van der Waals surface area contributed by atoms with E-state index in [-0.39, 0.29) is 11.9 Å². The lowest BCUT2D eigenvalue weighted by Crippen LogP contribution is -2.49. The molecule has 2 N–H and O–H groups in total. The maximum Gasteiger partial charge on any atom is 0.325 e. The van der Waals surface area contributed by atoms with Crippen LogP contribution < -0.4 is 4.74 Å². The van der Waals surface area contributed by atoms with Crippen LogP contribution in [0.15, 0.2) is 18.2 Å². The summed E-state index contributed by atoms with van der Waals surface area (Å²) in [7, 11) is 1.42. The van der Waals surface area contributed by atoms with Crippen LogP contribution in [0.2, 0.25) is 0 Å². The van der Waals surface area contributed by atoms with Gasteiger partial charge in [0, 0.05) is 43.9 Å². The van der Waals surface area contributed by atoms with Gasteiger partial charge in [0.25, 0.3) is 0 Å². The number of carboxylic acids is 1. The maximum absolute atomic E-state index is 13.5. The molecule has 2 heterocycles. The molecule has 3 rings (SSSR count). The zero-order valence-electron chi connectivity index (χ0n) is 15.1. The van der Waals surface area contributed by atoms with Crippen molar-refractivity contribution in [3.8, 4) is 5.75 Å². The van der Waals surface area contributed by atoms with Crippen molar-refractivity contribution in [1.82, 2.24) is 9.80 Å². The van der Waals surface area contributed by atoms with Crippen molar-refractivity contribution < 1.29 is 24.1 Å². The maximum atomic E-state index is 13.5. The smallest absolute Gasteiger partial charge is 0.325 e. The van der Waals surface area contributed by atoms with E-state index in [1.807, 2.05) is 4.90 Å². The van der Waals surface area contributed by atoms with Gasteiger partial charge in [0.2, 0.25) is 0 Å². The number of methoxy groups -OCH3 is 1. The van der Waals surface area contributed by atoms with Crippen LogP contribution in [0.5, 0.6) is 5.75 Å². The molecule has 0 bridgehead atoms. The number of carboxylic acid groups (broad SMARTS) is 1. The van der Waals surface area contributed by atoms with Crippen LogP contribution in [-0.2, 0) is 4.79 Å². The highest BCUT2D eigenvalue weighted by atomic mass is 19.1. The molecule has 1 atom stereocenters. The molecule has 2 aliphatic rings. The second-order valence-corrected chi connectivity index (χ2v) is 7.16. The molecule has 2 fully saturated rings. The van der Waals surface area contributed by atoms with Gasteiger partial charge >= 0.3 is 5.97 Å². The summed E-state index contributed by atoms with van der Waals surface area (Å²) in [5.41, 5.74) is 0.487. The van der Waals surface area contributed by atoms with Crippen molar-refractivity contribution in [3.05, 3.63) is 29.6 Å². The Morgan fingerprint density at radius 2 is 1.85 bits per heavy atom. The van der Waals surface area contributed by atoms with E-state index in [0.29, 0.717) is 24.7 Å². The fourth-order valence-electron chi connectivity index (χ4n) is 4.16. The topological polar surface area (TPSA) is 73.2 Å². The van der Waals surface area contributed by atoms with Crippen LogP contribution in [0.4, 0.5) is 4.39 Å². The fourth-order valence-corrected chi connectivity index (χ4v) is 4.16. The lowest BCUT2D eigenvalue weighted by atomic mass is 9.96. The number of benzene rings is 1. The molecule has 0 spiro atoms. The molecular formula is C19H27FN2O4. The molecule has 1 aromatic rings. The molecule has 2 saturated heterocycles. The van der Waals surface area contributed by atoms with Crippen molar-refractivity contribution in [2.24, 2.45) is 0 Å². The van der Waals surface area contributed by atoms with E-state index < -0.39 is 17.8 Å². The number of piperidine rings is 2. The number of nitrogens with zero attached hydrogens (tertiary/aromatic N) is 2. The SMILES string of the molecule is COc1cc(F)ccc1[C@@H](C(=O)O)N1CCC(N2CCC(O)CC2)CC1. The Kier molecular flexibility index (Phi) is 6.11. The molecule has 0 aromatic heterocycles. The second kappa shape index (κ2) is 8.33. The predicted octanol–water partition coefficient (Wildman–Crippen LogP) is 1.88. The van der Waals surface area contributed by atoms with Gasteiger partial charge in [-0.05, 0) is 31.7 Å². The van der Waals surface area contributed by atoms with Crippen molar-refractivity contribution >= 4 is 5.97 Å². The second-order valence-electron chi connectivity index (χ2n) is 7.16. The van der Waals surface area contributed by atoms with Gasteiger partial charge in [-0.25, -0.2) is 4.39 Å². The predicted molar refractivity (Wildman–Crippen MR) is 94.7 cm³/mol. The zero-order valence-corrected chi connectivity index (χ0v) is 15.1. The molecule has 0 aliphatic carbocycles. The molecule has 0 unspecified atom stereocenters. The summed E-state index contributed by atoms with van der Waals surface area (Å²) in [5.74, 6) is -1.13. The first-order valence-electron chi connectivity index (χ1n) is 9.22. The zero-order chi connectivity index (χ0) is 18.7. The number of carbonyl (C=O) groups is 1. The third kappa shape index (κ3) is 4.16.